The van der Waals surface area contributed by atoms with Crippen molar-refractivity contribution in [3.05, 3.63) is 12.2 Å². The highest BCUT2D eigenvalue weighted by molar-refractivity contribution is 6.74. The third kappa shape index (κ3) is 6.85. The van der Waals surface area contributed by atoms with Gasteiger partial charge in [0.05, 0.1) is 44.2 Å². The zero-order valence-electron chi connectivity index (χ0n) is 20.6. The van der Waals surface area contributed by atoms with Crippen molar-refractivity contribution in [2.45, 2.75) is 109 Å². The Morgan fingerprint density at radius 3 is 2.48 bits per heavy atom. The van der Waals surface area contributed by atoms with Gasteiger partial charge in [-0.3, -0.25) is 0 Å². The molecule has 2 aliphatic heterocycles. The lowest BCUT2D eigenvalue weighted by molar-refractivity contribution is -0.261. The number of carbonyl (C=O) groups is 1. The predicted molar refractivity (Wildman–Crippen MR) is 121 cm³/mol. The van der Waals surface area contributed by atoms with E-state index in [4.69, 9.17) is 18.6 Å². The molecule has 180 valence electrons. The Labute approximate surface area is 188 Å². The molecule has 7 nitrogen and oxygen atoms in total. The van der Waals surface area contributed by atoms with Gasteiger partial charge in [0.2, 0.25) is 0 Å². The molecule has 0 amide bonds. The Hall–Kier alpha value is -0.773. The molecule has 2 rings (SSSR count). The molecule has 0 aliphatic carbocycles. The summed E-state index contributed by atoms with van der Waals surface area (Å²) in [4.78, 5) is 11.5. The number of rotatable bonds is 6. The maximum absolute atomic E-state index is 11.5. The molecule has 2 fully saturated rings. The molecule has 0 aromatic rings. The second-order valence-corrected chi connectivity index (χ2v) is 15.5. The van der Waals surface area contributed by atoms with Gasteiger partial charge < -0.3 is 28.5 Å². The summed E-state index contributed by atoms with van der Waals surface area (Å²) in [6.45, 7) is 17.4. The van der Waals surface area contributed by atoms with E-state index in [1.165, 1.54) is 19.3 Å². The first-order valence-electron chi connectivity index (χ1n) is 11.3. The molecule has 2 saturated heterocycles. The van der Waals surface area contributed by atoms with Gasteiger partial charge in [0.25, 0.3) is 0 Å². The highest BCUT2D eigenvalue weighted by Gasteiger charge is 2.49. The summed E-state index contributed by atoms with van der Waals surface area (Å²) in [6, 6.07) is 0. The number of esters is 1. The van der Waals surface area contributed by atoms with E-state index < -0.39 is 26.2 Å². The molecule has 0 unspecified atom stereocenters. The maximum Gasteiger partial charge on any atom is 0.330 e. The Bertz CT molecular complexity index is 640. The average Bonchev–Trinajstić information content (AvgIpc) is 2.79. The summed E-state index contributed by atoms with van der Waals surface area (Å²) in [5.74, 6) is -1.46. The van der Waals surface area contributed by atoms with Crippen LogP contribution in [0.4, 0.5) is 0 Å². The smallest absolute Gasteiger partial charge is 0.330 e. The first-order chi connectivity index (χ1) is 14.2. The molecule has 0 spiro atoms. The van der Waals surface area contributed by atoms with Gasteiger partial charge in [-0.05, 0) is 44.5 Å². The molecule has 6 atom stereocenters. The van der Waals surface area contributed by atoms with Crippen molar-refractivity contribution in [2.24, 2.45) is 5.92 Å². The van der Waals surface area contributed by atoms with Crippen molar-refractivity contribution in [3.8, 4) is 0 Å². The fourth-order valence-corrected chi connectivity index (χ4v) is 5.18. The topological polar surface area (TPSA) is 83.5 Å². The molecule has 2 heterocycles. The van der Waals surface area contributed by atoms with E-state index in [-0.39, 0.29) is 35.4 Å². The summed E-state index contributed by atoms with van der Waals surface area (Å²) in [7, 11) is -0.791. The van der Waals surface area contributed by atoms with Crippen LogP contribution in [-0.2, 0) is 28.2 Å². The van der Waals surface area contributed by atoms with Crippen LogP contribution >= 0.6 is 0 Å². The number of hydrogen-bond donors (Lipinski definition) is 1. The normalized spacial score (nSPS) is 31.5. The zero-order chi connectivity index (χ0) is 23.6. The number of ether oxygens (including phenoxy) is 4. The number of aliphatic hydroxyl groups excluding tert-OH is 1. The first-order valence-corrected chi connectivity index (χ1v) is 14.2. The summed E-state index contributed by atoms with van der Waals surface area (Å²) in [5.41, 5.74) is 0. The van der Waals surface area contributed by atoms with Crippen LogP contribution in [-0.4, -0.2) is 69.4 Å². The van der Waals surface area contributed by atoms with Gasteiger partial charge in [-0.15, -0.1) is 0 Å². The minimum absolute atomic E-state index is 0.0354. The molecular weight excluding hydrogens is 416 g/mol. The molecule has 0 bridgehead atoms. The van der Waals surface area contributed by atoms with E-state index in [2.05, 4.69) is 38.6 Å². The largest absolute Gasteiger partial charge is 0.466 e. The minimum atomic E-state index is -2.10. The van der Waals surface area contributed by atoms with Crippen molar-refractivity contribution < 1.29 is 33.3 Å². The Balaban J connectivity index is 2.28. The van der Waals surface area contributed by atoms with Gasteiger partial charge in [-0.2, -0.15) is 0 Å². The van der Waals surface area contributed by atoms with Crippen LogP contribution in [0.5, 0.6) is 0 Å². The van der Waals surface area contributed by atoms with Crippen molar-refractivity contribution in [1.29, 1.82) is 0 Å². The van der Waals surface area contributed by atoms with E-state index in [1.54, 1.807) is 0 Å². The van der Waals surface area contributed by atoms with Crippen molar-refractivity contribution >= 4 is 14.3 Å². The summed E-state index contributed by atoms with van der Waals surface area (Å²) in [6.07, 6.45) is 2.40. The number of carbonyl (C=O) groups excluding carboxylic acids is 1. The summed E-state index contributed by atoms with van der Waals surface area (Å²) >= 11 is 0. The van der Waals surface area contributed by atoms with Gasteiger partial charge >= 0.3 is 5.97 Å². The summed E-state index contributed by atoms with van der Waals surface area (Å²) < 4.78 is 30.1. The standard InChI is InChI=1S/C23H42O7Si/c1-15(16(24)10-11-20(25)26-7)21-19(30-31(8,9)22(2,3)4)14-18-17(28-21)12-13-27-23(5,6)29-18/h10-11,15-19,21,24H,12-14H2,1-9H3/b11-10+/t15-,16+,17-,18-,19+,21+/m1/s1. The van der Waals surface area contributed by atoms with Crippen LogP contribution in [0.2, 0.25) is 18.1 Å². The highest BCUT2D eigenvalue weighted by atomic mass is 28.4. The van der Waals surface area contributed by atoms with E-state index in [9.17, 15) is 9.90 Å². The second kappa shape index (κ2) is 10.0. The van der Waals surface area contributed by atoms with Gasteiger partial charge in [0, 0.05) is 18.4 Å². The molecule has 0 aromatic heterocycles. The molecular formula is C23H42O7Si. The molecule has 31 heavy (non-hydrogen) atoms. The van der Waals surface area contributed by atoms with Crippen LogP contribution < -0.4 is 0 Å². The van der Waals surface area contributed by atoms with E-state index in [0.717, 1.165) is 6.42 Å². The third-order valence-electron chi connectivity index (χ3n) is 6.80. The molecule has 2 aliphatic rings. The van der Waals surface area contributed by atoms with E-state index in [1.807, 2.05) is 20.8 Å². The average molecular weight is 459 g/mol. The third-order valence-corrected chi connectivity index (χ3v) is 11.3. The van der Waals surface area contributed by atoms with Crippen LogP contribution in [0.3, 0.4) is 0 Å². The fourth-order valence-electron chi connectivity index (χ4n) is 3.84. The van der Waals surface area contributed by atoms with Crippen LogP contribution in [0, 0.1) is 5.92 Å². The molecule has 1 N–H and O–H groups in total. The van der Waals surface area contributed by atoms with Crippen LogP contribution in [0.25, 0.3) is 0 Å². The maximum atomic E-state index is 11.5. The van der Waals surface area contributed by atoms with Gasteiger partial charge in [-0.1, -0.05) is 27.7 Å². The lowest BCUT2D eigenvalue weighted by Crippen LogP contribution is -2.57. The number of methoxy groups -OCH3 is 1. The predicted octanol–water partition coefficient (Wildman–Crippen LogP) is 3.80. The highest BCUT2D eigenvalue weighted by Crippen LogP contribution is 2.42. The number of fused-ring (bicyclic) bond motifs is 1. The number of aliphatic hydroxyl groups is 1. The minimum Gasteiger partial charge on any atom is -0.466 e. The molecule has 0 aromatic carbocycles. The van der Waals surface area contributed by atoms with Crippen LogP contribution in [0.1, 0.15) is 54.4 Å². The Morgan fingerprint density at radius 1 is 1.26 bits per heavy atom. The van der Waals surface area contributed by atoms with E-state index in [0.29, 0.717) is 13.0 Å². The lowest BCUT2D eigenvalue weighted by Gasteiger charge is -2.48. The number of hydrogen-bond acceptors (Lipinski definition) is 7. The van der Waals surface area contributed by atoms with Crippen molar-refractivity contribution in [2.75, 3.05) is 13.7 Å². The lowest BCUT2D eigenvalue weighted by atomic mass is 9.87. The molecule has 0 saturated carbocycles. The van der Waals surface area contributed by atoms with Gasteiger partial charge in [0.1, 0.15) is 0 Å². The zero-order valence-corrected chi connectivity index (χ0v) is 21.6. The van der Waals surface area contributed by atoms with Gasteiger partial charge in [0.15, 0.2) is 14.1 Å². The Morgan fingerprint density at radius 2 is 1.90 bits per heavy atom. The first kappa shape index (κ1) is 26.5. The fraction of sp³-hybridized carbons (Fsp3) is 0.870. The quantitative estimate of drug-likeness (QED) is 0.368. The van der Waals surface area contributed by atoms with Crippen molar-refractivity contribution in [3.63, 3.8) is 0 Å². The molecule has 0 radical (unpaired) electrons. The SMILES string of the molecule is COC(=O)/C=C/[C@H](O)[C@@H](C)[C@@H]1O[C@@H]2CCOC(C)(C)O[C@@H]2C[C@@H]1O[Si](C)(C)C(C)(C)C. The second-order valence-electron chi connectivity index (χ2n) is 10.7. The molecule has 8 heteroatoms. The summed E-state index contributed by atoms with van der Waals surface area (Å²) in [5, 5.41) is 10.8. The Kier molecular flexibility index (Phi) is 8.55. The van der Waals surface area contributed by atoms with Gasteiger partial charge in [-0.25, -0.2) is 4.79 Å². The monoisotopic (exact) mass is 458 g/mol. The van der Waals surface area contributed by atoms with Crippen LogP contribution in [0.15, 0.2) is 12.2 Å². The van der Waals surface area contributed by atoms with Crippen molar-refractivity contribution in [1.82, 2.24) is 0 Å². The van der Waals surface area contributed by atoms with E-state index >= 15 is 0 Å².